The number of aromatic nitrogens is 4. The van der Waals surface area contributed by atoms with Crippen molar-refractivity contribution in [1.82, 2.24) is 35.1 Å². The number of nitrogens with zero attached hydrogens (tertiary/aromatic N) is 4. The van der Waals surface area contributed by atoms with Crippen LogP contribution < -0.4 is 10.1 Å². The molecule has 3 aliphatic heterocycles. The van der Waals surface area contributed by atoms with Gasteiger partial charge < -0.3 is 34.4 Å². The Morgan fingerprint density at radius 1 is 0.944 bits per heavy atom. The number of methoxy groups -OCH3 is 1. The molecule has 0 aliphatic carbocycles. The van der Waals surface area contributed by atoms with Crippen LogP contribution in [0.2, 0.25) is 0 Å². The molecule has 282 valence electrons. The van der Waals surface area contributed by atoms with Crippen LogP contribution in [0.4, 0.5) is 9.59 Å². The Balaban J connectivity index is 1.04. The van der Waals surface area contributed by atoms with E-state index in [-0.39, 0.29) is 30.0 Å². The highest BCUT2D eigenvalue weighted by Crippen LogP contribution is 2.43. The van der Waals surface area contributed by atoms with E-state index in [1.165, 1.54) is 7.11 Å². The van der Waals surface area contributed by atoms with Gasteiger partial charge in [-0.05, 0) is 98.7 Å². The van der Waals surface area contributed by atoms with Crippen molar-refractivity contribution in [2.24, 2.45) is 5.92 Å². The van der Waals surface area contributed by atoms with Gasteiger partial charge in [-0.1, -0.05) is 32.0 Å². The van der Waals surface area contributed by atoms with Crippen molar-refractivity contribution < 1.29 is 28.6 Å². The number of rotatable bonds is 6. The number of carbonyl (C=O) groups excluding carboxylic acids is 3. The van der Waals surface area contributed by atoms with Gasteiger partial charge in [0.2, 0.25) is 5.91 Å². The van der Waals surface area contributed by atoms with E-state index in [2.05, 4.69) is 51.7 Å². The Labute approximate surface area is 313 Å². The molecule has 2 fully saturated rings. The molecule has 54 heavy (non-hydrogen) atoms. The molecule has 13 nitrogen and oxygen atoms in total. The number of hydrogen-bond donors (Lipinski definition) is 3. The van der Waals surface area contributed by atoms with Crippen LogP contribution in [-0.2, 0) is 20.9 Å². The average Bonchev–Trinajstić information content (AvgIpc) is 3.97. The summed E-state index contributed by atoms with van der Waals surface area (Å²) in [4.78, 5) is 58.9. The quantitative estimate of drug-likeness (QED) is 0.160. The van der Waals surface area contributed by atoms with Crippen molar-refractivity contribution in [2.75, 3.05) is 20.2 Å². The van der Waals surface area contributed by atoms with Crippen LogP contribution in [0.25, 0.3) is 44.2 Å². The third-order valence-corrected chi connectivity index (χ3v) is 10.7. The molecule has 0 bridgehead atoms. The molecule has 13 heteroatoms. The Hall–Kier alpha value is -5.59. The number of benzene rings is 3. The molecule has 8 rings (SSSR count). The Morgan fingerprint density at radius 2 is 1.70 bits per heavy atom. The monoisotopic (exact) mass is 733 g/mol. The lowest BCUT2D eigenvalue weighted by atomic mass is 9.92. The molecule has 3 aromatic carbocycles. The summed E-state index contributed by atoms with van der Waals surface area (Å²) in [5.41, 5.74) is 6.22. The molecular formula is C41H47N7O6. The van der Waals surface area contributed by atoms with Gasteiger partial charge in [0.25, 0.3) is 0 Å². The number of ether oxygens (including phenoxy) is 3. The first-order valence-electron chi connectivity index (χ1n) is 18.8. The molecule has 0 spiro atoms. The van der Waals surface area contributed by atoms with Crippen molar-refractivity contribution >= 4 is 39.9 Å². The van der Waals surface area contributed by atoms with Crippen LogP contribution in [-0.4, -0.2) is 79.7 Å². The topological polar surface area (TPSA) is 155 Å². The van der Waals surface area contributed by atoms with Crippen molar-refractivity contribution in [1.29, 1.82) is 0 Å². The van der Waals surface area contributed by atoms with Crippen LogP contribution in [0.1, 0.15) is 89.6 Å². The number of imidazole rings is 2. The van der Waals surface area contributed by atoms with E-state index in [4.69, 9.17) is 24.2 Å². The Morgan fingerprint density at radius 3 is 2.44 bits per heavy atom. The minimum absolute atomic E-state index is 0.106. The van der Waals surface area contributed by atoms with Gasteiger partial charge in [-0.2, -0.15) is 0 Å². The summed E-state index contributed by atoms with van der Waals surface area (Å²) < 4.78 is 16.9. The maximum absolute atomic E-state index is 13.6. The maximum atomic E-state index is 13.6. The SMILES string of the molecule is COC(=O)NC(C(=O)N1CCC[C@H]1c1ncc(-c2ccc3c(c2)COc2cc4c(ccc5nc([C@@H]6CCCN6C(=O)OC(C)(C)C)[nH]c54)cc2-3)[nH]1)C(C)C. The number of nitrogens with one attached hydrogen (secondary N) is 3. The third kappa shape index (κ3) is 6.49. The molecule has 3 amide bonds. The van der Waals surface area contributed by atoms with Gasteiger partial charge in [0, 0.05) is 24.0 Å². The number of alkyl carbamates (subject to hydrolysis) is 1. The Kier molecular flexibility index (Phi) is 8.98. The van der Waals surface area contributed by atoms with Gasteiger partial charge in [0.1, 0.15) is 35.6 Å². The van der Waals surface area contributed by atoms with Crippen molar-refractivity contribution in [2.45, 2.75) is 90.6 Å². The van der Waals surface area contributed by atoms with Gasteiger partial charge in [-0.3, -0.25) is 9.69 Å². The van der Waals surface area contributed by atoms with E-state index in [9.17, 15) is 14.4 Å². The Bertz CT molecular complexity index is 2270. The van der Waals surface area contributed by atoms with Crippen LogP contribution in [0.3, 0.4) is 0 Å². The number of hydrogen-bond acceptors (Lipinski definition) is 8. The highest BCUT2D eigenvalue weighted by molar-refractivity contribution is 6.07. The third-order valence-electron chi connectivity index (χ3n) is 10.7. The molecular weight excluding hydrogens is 686 g/mol. The minimum Gasteiger partial charge on any atom is -0.488 e. The second-order valence-electron chi connectivity index (χ2n) is 15.9. The standard InChI is InChI=1S/C41H47N7O6/c1-22(2)34(46-39(50)52-6)38(49)47-15-7-9-31(47)36-42-20-30(44-36)24-11-13-26-25(17-24)21-53-33-19-27-23(18-28(26)33)12-14-29-35(27)45-37(43-29)32-10-8-16-48(32)40(51)54-41(3,4)5/h11-14,17-20,22,31-32,34H,7-10,15-16,21H2,1-6H3,(H,42,44)(H,43,45)(H,46,50)/t31-,32-,34?/m0/s1. The van der Waals surface area contributed by atoms with Gasteiger partial charge in [-0.15, -0.1) is 0 Å². The normalized spacial score (nSPS) is 18.8. The summed E-state index contributed by atoms with van der Waals surface area (Å²) in [6, 6.07) is 13.7. The van der Waals surface area contributed by atoms with Gasteiger partial charge in [0.05, 0.1) is 42.1 Å². The lowest BCUT2D eigenvalue weighted by Crippen LogP contribution is -2.51. The number of likely N-dealkylation sites (tertiary alicyclic amines) is 2. The molecule has 3 aliphatic rings. The highest BCUT2D eigenvalue weighted by Gasteiger charge is 2.38. The smallest absolute Gasteiger partial charge is 0.410 e. The number of carbonyl (C=O) groups is 3. The van der Waals surface area contributed by atoms with Gasteiger partial charge in [0.15, 0.2) is 0 Å². The fraction of sp³-hybridized carbons (Fsp3) is 0.439. The summed E-state index contributed by atoms with van der Waals surface area (Å²) in [6.45, 7) is 11.1. The average molecular weight is 734 g/mol. The maximum Gasteiger partial charge on any atom is 0.410 e. The molecule has 5 aromatic rings. The van der Waals surface area contributed by atoms with Crippen LogP contribution >= 0.6 is 0 Å². The molecule has 2 saturated heterocycles. The molecule has 0 saturated carbocycles. The summed E-state index contributed by atoms with van der Waals surface area (Å²) in [6.07, 6.45) is 4.22. The predicted octanol–water partition coefficient (Wildman–Crippen LogP) is 7.78. The van der Waals surface area contributed by atoms with E-state index in [1.807, 2.05) is 51.8 Å². The second-order valence-corrected chi connectivity index (χ2v) is 15.9. The lowest BCUT2D eigenvalue weighted by molar-refractivity contribution is -0.135. The molecule has 3 N–H and O–H groups in total. The summed E-state index contributed by atoms with van der Waals surface area (Å²) >= 11 is 0. The van der Waals surface area contributed by atoms with E-state index in [0.29, 0.717) is 19.7 Å². The van der Waals surface area contributed by atoms with Gasteiger partial charge >= 0.3 is 12.2 Å². The van der Waals surface area contributed by atoms with Crippen LogP contribution in [0, 0.1) is 5.92 Å². The van der Waals surface area contributed by atoms with Crippen LogP contribution in [0.5, 0.6) is 5.75 Å². The first kappa shape index (κ1) is 35.4. The fourth-order valence-corrected chi connectivity index (χ4v) is 8.07. The second kappa shape index (κ2) is 13.7. The number of H-pyrrole nitrogens is 2. The molecule has 3 atom stereocenters. The van der Waals surface area contributed by atoms with Crippen LogP contribution in [0.15, 0.2) is 48.7 Å². The van der Waals surface area contributed by atoms with E-state index in [1.54, 1.807) is 4.90 Å². The zero-order valence-electron chi connectivity index (χ0n) is 31.6. The largest absolute Gasteiger partial charge is 0.488 e. The zero-order valence-corrected chi connectivity index (χ0v) is 31.6. The lowest BCUT2D eigenvalue weighted by Gasteiger charge is -2.30. The van der Waals surface area contributed by atoms with Crippen molar-refractivity contribution in [3.05, 3.63) is 65.9 Å². The molecule has 1 unspecified atom stereocenters. The predicted molar refractivity (Wildman–Crippen MR) is 204 cm³/mol. The number of amides is 3. The summed E-state index contributed by atoms with van der Waals surface area (Å²) in [5.74, 6) is 2.05. The summed E-state index contributed by atoms with van der Waals surface area (Å²) in [7, 11) is 1.29. The van der Waals surface area contributed by atoms with E-state index < -0.39 is 17.7 Å². The fourth-order valence-electron chi connectivity index (χ4n) is 8.07. The first-order chi connectivity index (χ1) is 25.9. The minimum atomic E-state index is -0.690. The number of aromatic amines is 2. The number of fused-ring (bicyclic) bond motifs is 6. The zero-order chi connectivity index (χ0) is 37.9. The van der Waals surface area contributed by atoms with Crippen molar-refractivity contribution in [3.63, 3.8) is 0 Å². The van der Waals surface area contributed by atoms with E-state index in [0.717, 1.165) is 92.8 Å². The van der Waals surface area contributed by atoms with E-state index >= 15 is 0 Å². The molecule has 5 heterocycles. The molecule has 0 radical (unpaired) electrons. The first-order valence-corrected chi connectivity index (χ1v) is 18.8. The van der Waals surface area contributed by atoms with Gasteiger partial charge in [-0.25, -0.2) is 19.6 Å². The van der Waals surface area contributed by atoms with Crippen molar-refractivity contribution in [3.8, 4) is 28.1 Å². The molecule has 2 aromatic heterocycles. The highest BCUT2D eigenvalue weighted by atomic mass is 16.6. The summed E-state index contributed by atoms with van der Waals surface area (Å²) in [5, 5.41) is 4.78.